The first-order valence-electron chi connectivity index (χ1n) is 24.3. The number of carbonyl (C=O) groups excluding carboxylic acids is 2. The first kappa shape index (κ1) is 56.0. The van der Waals surface area contributed by atoms with Crippen LogP contribution >= 0.6 is 0 Å². The molecule has 12 nitrogen and oxygen atoms in total. The van der Waals surface area contributed by atoms with Crippen molar-refractivity contribution in [3.63, 3.8) is 0 Å². The molecule has 4 N–H and O–H groups in total. The molecule has 60 heavy (non-hydrogen) atoms. The van der Waals surface area contributed by atoms with E-state index in [0.29, 0.717) is 52.7 Å². The molecule has 4 amide bonds. The summed E-state index contributed by atoms with van der Waals surface area (Å²) in [5, 5.41) is 12.0. The number of carbonyl (C=O) groups is 2. The number of nitrogens with one attached hydrogen (secondary N) is 4. The Labute approximate surface area is 369 Å². The average molecular weight is 883 g/mol. The van der Waals surface area contributed by atoms with E-state index in [2.05, 4.69) is 45.5 Å². The van der Waals surface area contributed by atoms with Crippen LogP contribution in [0.3, 0.4) is 0 Å². The number of benzene rings is 1. The first-order valence-corrected chi connectivity index (χ1v) is 28.1. The molecule has 1 aromatic rings. The number of hydrogen-bond donors (Lipinski definition) is 4. The van der Waals surface area contributed by atoms with Gasteiger partial charge >= 0.3 is 29.7 Å². The van der Waals surface area contributed by atoms with Gasteiger partial charge in [-0.2, -0.15) is 0 Å². The second-order valence-electron chi connectivity index (χ2n) is 15.5. The second kappa shape index (κ2) is 38.6. The summed E-state index contributed by atoms with van der Waals surface area (Å²) in [7, 11) is -5.00. The maximum Gasteiger partial charge on any atom is 0.500 e. The molecule has 0 saturated heterocycles. The molecule has 350 valence electrons. The smallest absolute Gasteiger partial charge is 0.374 e. The van der Waals surface area contributed by atoms with Gasteiger partial charge in [-0.3, -0.25) is 0 Å². The van der Waals surface area contributed by atoms with Gasteiger partial charge in [0, 0.05) is 77.9 Å². The molecule has 1 aromatic carbocycles. The number of hydrogen-bond acceptors (Lipinski definition) is 8. The fourth-order valence-corrected chi connectivity index (χ4v) is 12.8. The highest BCUT2D eigenvalue weighted by molar-refractivity contribution is 6.61. The number of unbranched alkanes of at least 4 members (excludes halogenated alkanes) is 14. The van der Waals surface area contributed by atoms with E-state index in [9.17, 15) is 9.59 Å². The molecule has 0 spiro atoms. The van der Waals surface area contributed by atoms with Crippen molar-refractivity contribution >= 4 is 29.7 Å². The highest BCUT2D eigenvalue weighted by atomic mass is 28.4. The van der Waals surface area contributed by atoms with Gasteiger partial charge in [0.15, 0.2) is 0 Å². The number of rotatable bonds is 42. The Morgan fingerprint density at radius 3 is 0.867 bits per heavy atom. The zero-order valence-electron chi connectivity index (χ0n) is 39.2. The van der Waals surface area contributed by atoms with E-state index in [0.717, 1.165) is 89.4 Å². The Kier molecular flexibility index (Phi) is 36.0. The summed E-state index contributed by atoms with van der Waals surface area (Å²) in [6.45, 7) is 18.6. The van der Waals surface area contributed by atoms with E-state index < -0.39 is 17.6 Å². The van der Waals surface area contributed by atoms with Crippen molar-refractivity contribution in [1.29, 1.82) is 0 Å². The standard InChI is InChI=1S/C46H90N4O8Si2/c1-7-53-59(54-8-2,55-9-3)41-27-23-19-15-13-17-21-25-37-47-45(51)49-39-29-31-43-33-35-44(36-34-43)32-30-40-50-46(52)48-38-26-22-18-14-16-20-24-28-42-60(56-10-4,57-11-5)58-12-6/h33-36H,7-32,37-42H2,1-6H3,(H2,47,49,51)(H2,48,50,52). The predicted molar refractivity (Wildman–Crippen MR) is 251 cm³/mol. The SMILES string of the molecule is CCO[Si](CCCCCCCCCCNC(=O)NCCCc1ccc(CCCNC(=O)NCCCCCCCCCC[Si](OCC)(OCC)OCC)cc1)(OCC)OCC. The van der Waals surface area contributed by atoms with Crippen LogP contribution in [-0.2, 0) is 39.4 Å². The molecule has 0 radical (unpaired) electrons. The Balaban J connectivity index is 1.98. The van der Waals surface area contributed by atoms with Crippen LogP contribution in [0.4, 0.5) is 9.59 Å². The van der Waals surface area contributed by atoms with E-state index in [-0.39, 0.29) is 12.1 Å². The van der Waals surface area contributed by atoms with Crippen molar-refractivity contribution < 1.29 is 36.1 Å². The zero-order chi connectivity index (χ0) is 43.8. The van der Waals surface area contributed by atoms with Crippen LogP contribution in [-0.4, -0.2) is 95.5 Å². The van der Waals surface area contributed by atoms with Gasteiger partial charge in [0.2, 0.25) is 0 Å². The first-order chi connectivity index (χ1) is 29.3. The molecule has 0 aliphatic rings. The van der Waals surface area contributed by atoms with Gasteiger partial charge < -0.3 is 47.8 Å². The van der Waals surface area contributed by atoms with Crippen LogP contribution in [0.1, 0.15) is 168 Å². The van der Waals surface area contributed by atoms with Crippen molar-refractivity contribution in [2.45, 2.75) is 182 Å². The fourth-order valence-electron chi connectivity index (χ4n) is 7.45. The number of aryl methyl sites for hydroxylation is 2. The highest BCUT2D eigenvalue weighted by Crippen LogP contribution is 2.22. The Morgan fingerprint density at radius 1 is 0.367 bits per heavy atom. The topological polar surface area (TPSA) is 138 Å². The Bertz CT molecular complexity index is 1030. The minimum Gasteiger partial charge on any atom is -0.374 e. The molecule has 14 heteroatoms. The molecular formula is C46H90N4O8Si2. The van der Waals surface area contributed by atoms with Crippen LogP contribution in [0.25, 0.3) is 0 Å². The van der Waals surface area contributed by atoms with Crippen LogP contribution < -0.4 is 21.3 Å². The van der Waals surface area contributed by atoms with Crippen molar-refractivity contribution in [2.24, 2.45) is 0 Å². The summed E-state index contributed by atoms with van der Waals surface area (Å²) >= 11 is 0. The summed E-state index contributed by atoms with van der Waals surface area (Å²) in [6.07, 6.45) is 22.4. The van der Waals surface area contributed by atoms with Crippen LogP contribution in [0.2, 0.25) is 12.1 Å². The monoisotopic (exact) mass is 883 g/mol. The third kappa shape index (κ3) is 29.3. The maximum absolute atomic E-state index is 12.2. The molecule has 0 aliphatic heterocycles. The van der Waals surface area contributed by atoms with Gasteiger partial charge in [0.05, 0.1) is 0 Å². The predicted octanol–water partition coefficient (Wildman–Crippen LogP) is 10.5. The Hall–Kier alpha value is -2.05. The lowest BCUT2D eigenvalue weighted by atomic mass is 10.0. The van der Waals surface area contributed by atoms with Crippen molar-refractivity contribution in [3.05, 3.63) is 35.4 Å². The third-order valence-electron chi connectivity index (χ3n) is 10.5. The lowest BCUT2D eigenvalue weighted by molar-refractivity contribution is 0.0698. The molecule has 0 aromatic heterocycles. The highest BCUT2D eigenvalue weighted by Gasteiger charge is 2.40. The number of amides is 4. The van der Waals surface area contributed by atoms with E-state index >= 15 is 0 Å². The largest absolute Gasteiger partial charge is 0.500 e. The summed E-state index contributed by atoms with van der Waals surface area (Å²) in [5.74, 6) is 0. The Morgan fingerprint density at radius 2 is 0.600 bits per heavy atom. The molecular weight excluding hydrogens is 793 g/mol. The van der Waals surface area contributed by atoms with Crippen molar-refractivity contribution in [1.82, 2.24) is 21.3 Å². The molecule has 0 fully saturated rings. The molecule has 0 saturated carbocycles. The normalized spacial score (nSPS) is 11.8. The lowest BCUT2D eigenvalue weighted by Crippen LogP contribution is -2.45. The average Bonchev–Trinajstić information content (AvgIpc) is 3.23. The van der Waals surface area contributed by atoms with Gasteiger partial charge in [-0.15, -0.1) is 0 Å². The fraction of sp³-hybridized carbons (Fsp3) is 0.826. The van der Waals surface area contributed by atoms with E-state index in [1.165, 1.54) is 75.3 Å². The molecule has 0 unspecified atom stereocenters. The second-order valence-corrected chi connectivity index (χ2v) is 21.0. The summed E-state index contributed by atoms with van der Waals surface area (Å²) in [6, 6.07) is 10.4. The molecule has 0 atom stereocenters. The molecule has 0 aliphatic carbocycles. The van der Waals surface area contributed by atoms with Gasteiger partial charge in [-0.25, -0.2) is 9.59 Å². The number of urea groups is 2. The van der Waals surface area contributed by atoms with Crippen LogP contribution in [0, 0.1) is 0 Å². The lowest BCUT2D eigenvalue weighted by Gasteiger charge is -2.28. The maximum atomic E-state index is 12.2. The van der Waals surface area contributed by atoms with Gasteiger partial charge in [0.1, 0.15) is 0 Å². The van der Waals surface area contributed by atoms with E-state index in [4.69, 9.17) is 26.6 Å². The minimum atomic E-state index is -2.50. The van der Waals surface area contributed by atoms with Gasteiger partial charge in [0.25, 0.3) is 0 Å². The molecule has 0 heterocycles. The molecule has 0 bridgehead atoms. The quantitative estimate of drug-likeness (QED) is 0.0376. The third-order valence-corrected chi connectivity index (χ3v) is 16.8. The molecule has 1 rings (SSSR count). The minimum absolute atomic E-state index is 0.0738. The van der Waals surface area contributed by atoms with Crippen LogP contribution in [0.5, 0.6) is 0 Å². The van der Waals surface area contributed by atoms with Gasteiger partial charge in [-0.1, -0.05) is 101 Å². The van der Waals surface area contributed by atoms with Gasteiger partial charge in [-0.05, 0) is 104 Å². The van der Waals surface area contributed by atoms with Crippen LogP contribution in [0.15, 0.2) is 24.3 Å². The van der Waals surface area contributed by atoms with E-state index in [1.807, 2.05) is 41.5 Å². The summed E-state index contributed by atoms with van der Waals surface area (Å²) < 4.78 is 35.7. The van der Waals surface area contributed by atoms with Crippen molar-refractivity contribution in [2.75, 3.05) is 65.8 Å². The van der Waals surface area contributed by atoms with E-state index in [1.54, 1.807) is 0 Å². The van der Waals surface area contributed by atoms with Crippen molar-refractivity contribution in [3.8, 4) is 0 Å². The summed E-state index contributed by atoms with van der Waals surface area (Å²) in [5.41, 5.74) is 2.55. The summed E-state index contributed by atoms with van der Waals surface area (Å²) in [4.78, 5) is 24.4. The zero-order valence-corrected chi connectivity index (χ0v) is 41.2.